The molecule has 0 saturated heterocycles. The second-order valence-electron chi connectivity index (χ2n) is 10.1. The first-order chi connectivity index (χ1) is 20.1. The summed E-state index contributed by atoms with van der Waals surface area (Å²) in [6.07, 6.45) is 0. The first kappa shape index (κ1) is 26.5. The average Bonchev–Trinajstić information content (AvgIpc) is 3.05. The van der Waals surface area contributed by atoms with Crippen LogP contribution >= 0.6 is 0 Å². The van der Waals surface area contributed by atoms with Crippen LogP contribution in [0.2, 0.25) is 0 Å². The molecule has 0 aromatic heterocycles. The molecule has 0 amide bonds. The van der Waals surface area contributed by atoms with Crippen LogP contribution in [0, 0.1) is 0 Å². The smallest absolute Gasteiger partial charge is 0.186 e. The van der Waals surface area contributed by atoms with Gasteiger partial charge in [-0.3, -0.25) is 0 Å². The van der Waals surface area contributed by atoms with E-state index < -0.39 is 19.3 Å². The third kappa shape index (κ3) is 4.13. The van der Waals surface area contributed by atoms with Gasteiger partial charge in [0.2, 0.25) is 0 Å². The Kier molecular flexibility index (Phi) is 7.13. The van der Waals surface area contributed by atoms with E-state index in [0.29, 0.717) is 33.4 Å². The first-order valence-electron chi connectivity index (χ1n) is 13.7. The molecule has 0 heterocycles. The van der Waals surface area contributed by atoms with Crippen LogP contribution in [0.25, 0.3) is 0 Å². The highest BCUT2D eigenvalue weighted by Crippen LogP contribution is 2.56. The van der Waals surface area contributed by atoms with E-state index in [1.807, 2.05) is 182 Å². The highest BCUT2D eigenvalue weighted by atomic mass is 32.2. The molecular weight excluding hydrogens is 520 g/mol. The van der Waals surface area contributed by atoms with E-state index in [-0.39, 0.29) is 0 Å². The molecule has 0 bridgehead atoms. The molecule has 0 saturated carbocycles. The molecule has 2 nitrogen and oxygen atoms in total. The van der Waals surface area contributed by atoms with E-state index in [2.05, 4.69) is 0 Å². The minimum atomic E-state index is -4.30. The third-order valence-electron chi connectivity index (χ3n) is 7.89. The maximum atomic E-state index is 16.5. The molecule has 0 atom stereocenters. The topological polar surface area (TPSA) is 34.1 Å². The van der Waals surface area contributed by atoms with Gasteiger partial charge >= 0.3 is 0 Å². The normalized spacial score (nSPS) is 12.1. The summed E-state index contributed by atoms with van der Waals surface area (Å²) in [7, 11) is -4.30. The van der Waals surface area contributed by atoms with Crippen LogP contribution in [0.15, 0.2) is 182 Å². The minimum Gasteiger partial charge on any atom is -0.226 e. The van der Waals surface area contributed by atoms with Gasteiger partial charge in [0.05, 0.1) is 0 Å². The average molecular weight is 551 g/mol. The van der Waals surface area contributed by atoms with Crippen LogP contribution in [-0.4, -0.2) is 8.42 Å². The minimum absolute atomic E-state index is 0.685. The SMILES string of the molecule is O=S(=O)(C(c1ccccc1)(c1ccccc1)c1ccccc1)C(c1ccccc1)(c1ccccc1)c1ccccc1. The number of hydrogen-bond donors (Lipinski definition) is 0. The Morgan fingerprint density at radius 1 is 0.268 bits per heavy atom. The molecule has 0 aliphatic rings. The molecule has 0 fully saturated rings. The Balaban J connectivity index is 1.88. The fourth-order valence-corrected chi connectivity index (χ4v) is 9.34. The van der Waals surface area contributed by atoms with Crippen molar-refractivity contribution < 1.29 is 8.42 Å². The van der Waals surface area contributed by atoms with E-state index in [1.165, 1.54) is 0 Å². The molecule has 0 spiro atoms. The zero-order chi connectivity index (χ0) is 28.2. The van der Waals surface area contributed by atoms with E-state index in [0.717, 1.165) is 0 Å². The molecular formula is C38H30O2S. The fourth-order valence-electron chi connectivity index (χ4n) is 6.20. The summed E-state index contributed by atoms with van der Waals surface area (Å²) >= 11 is 0. The maximum absolute atomic E-state index is 16.5. The van der Waals surface area contributed by atoms with Crippen molar-refractivity contribution in [2.75, 3.05) is 0 Å². The van der Waals surface area contributed by atoms with Crippen molar-refractivity contribution in [1.29, 1.82) is 0 Å². The van der Waals surface area contributed by atoms with Crippen LogP contribution in [0.4, 0.5) is 0 Å². The largest absolute Gasteiger partial charge is 0.226 e. The molecule has 6 rings (SSSR count). The fraction of sp³-hybridized carbons (Fsp3) is 0.0526. The molecule has 6 aromatic rings. The highest BCUT2D eigenvalue weighted by molar-refractivity contribution is 7.94. The Morgan fingerprint density at radius 3 is 0.561 bits per heavy atom. The molecule has 3 heteroatoms. The van der Waals surface area contributed by atoms with Gasteiger partial charge in [-0.2, -0.15) is 0 Å². The van der Waals surface area contributed by atoms with Crippen LogP contribution < -0.4 is 0 Å². The Labute approximate surface area is 242 Å². The predicted octanol–water partition coefficient (Wildman–Crippen LogP) is 8.39. The third-order valence-corrected chi connectivity index (χ3v) is 10.9. The summed E-state index contributed by atoms with van der Waals surface area (Å²) in [4.78, 5) is 0. The summed E-state index contributed by atoms with van der Waals surface area (Å²) in [5.41, 5.74) is 4.11. The van der Waals surface area contributed by atoms with Crippen molar-refractivity contribution in [1.82, 2.24) is 0 Å². The van der Waals surface area contributed by atoms with Crippen molar-refractivity contribution in [3.05, 3.63) is 215 Å². The van der Waals surface area contributed by atoms with Gasteiger partial charge in [0.25, 0.3) is 0 Å². The number of hydrogen-bond acceptors (Lipinski definition) is 2. The number of rotatable bonds is 8. The summed E-state index contributed by atoms with van der Waals surface area (Å²) in [5, 5.41) is 0. The summed E-state index contributed by atoms with van der Waals surface area (Å²) < 4.78 is 29.8. The molecule has 0 aliphatic carbocycles. The van der Waals surface area contributed by atoms with Crippen LogP contribution in [0.1, 0.15) is 33.4 Å². The van der Waals surface area contributed by atoms with Crippen molar-refractivity contribution in [3.8, 4) is 0 Å². The van der Waals surface area contributed by atoms with Gasteiger partial charge in [-0.1, -0.05) is 182 Å². The van der Waals surface area contributed by atoms with E-state index in [1.54, 1.807) is 0 Å². The molecule has 41 heavy (non-hydrogen) atoms. The van der Waals surface area contributed by atoms with Crippen molar-refractivity contribution in [2.24, 2.45) is 0 Å². The summed E-state index contributed by atoms with van der Waals surface area (Å²) in [6.45, 7) is 0. The molecule has 0 radical (unpaired) electrons. The highest BCUT2D eigenvalue weighted by Gasteiger charge is 2.61. The van der Waals surface area contributed by atoms with Gasteiger partial charge in [-0.15, -0.1) is 0 Å². The van der Waals surface area contributed by atoms with Crippen LogP contribution in [0.3, 0.4) is 0 Å². The predicted molar refractivity (Wildman–Crippen MR) is 167 cm³/mol. The van der Waals surface area contributed by atoms with E-state index >= 15 is 8.42 Å². The van der Waals surface area contributed by atoms with Crippen molar-refractivity contribution >= 4 is 9.84 Å². The van der Waals surface area contributed by atoms with Crippen molar-refractivity contribution in [2.45, 2.75) is 9.49 Å². The molecule has 0 unspecified atom stereocenters. The van der Waals surface area contributed by atoms with E-state index in [4.69, 9.17) is 0 Å². The molecule has 6 aromatic carbocycles. The number of sulfone groups is 1. The summed E-state index contributed by atoms with van der Waals surface area (Å²) in [5.74, 6) is 0. The zero-order valence-corrected chi connectivity index (χ0v) is 23.4. The zero-order valence-electron chi connectivity index (χ0n) is 22.5. The Morgan fingerprint density at radius 2 is 0.415 bits per heavy atom. The molecule has 0 N–H and O–H groups in total. The second-order valence-corrected chi connectivity index (χ2v) is 12.3. The lowest BCUT2D eigenvalue weighted by Gasteiger charge is -2.45. The molecule has 200 valence electrons. The van der Waals surface area contributed by atoms with Crippen LogP contribution in [-0.2, 0) is 19.3 Å². The van der Waals surface area contributed by atoms with Gasteiger partial charge in [0.1, 0.15) is 9.49 Å². The Hall–Kier alpha value is -4.73. The lowest BCUT2D eigenvalue weighted by atomic mass is 9.83. The lowest BCUT2D eigenvalue weighted by Crippen LogP contribution is -2.51. The van der Waals surface area contributed by atoms with Crippen molar-refractivity contribution in [3.63, 3.8) is 0 Å². The van der Waals surface area contributed by atoms with E-state index in [9.17, 15) is 0 Å². The summed E-state index contributed by atoms with van der Waals surface area (Å²) in [6, 6.07) is 57.8. The second kappa shape index (κ2) is 11.0. The van der Waals surface area contributed by atoms with Gasteiger partial charge < -0.3 is 0 Å². The lowest BCUT2D eigenvalue weighted by molar-refractivity contribution is 0.547. The standard InChI is InChI=1S/C38H30O2S/c39-41(40,37(31-19-7-1-8-20-31,32-21-9-2-10-22-32)33-23-11-3-12-24-33)38(34-25-13-4-14-26-34,35-27-15-5-16-28-35)36-29-17-6-18-30-36/h1-30H. The molecule has 0 aliphatic heterocycles. The first-order valence-corrected chi connectivity index (χ1v) is 15.2. The van der Waals surface area contributed by atoms with Gasteiger partial charge in [-0.05, 0) is 33.4 Å². The maximum Gasteiger partial charge on any atom is 0.186 e. The monoisotopic (exact) mass is 550 g/mol. The number of benzene rings is 6. The van der Waals surface area contributed by atoms with Gasteiger partial charge in [-0.25, -0.2) is 8.42 Å². The van der Waals surface area contributed by atoms with Crippen LogP contribution in [0.5, 0.6) is 0 Å². The Bertz CT molecular complexity index is 1480. The van der Waals surface area contributed by atoms with Gasteiger partial charge in [0, 0.05) is 0 Å². The van der Waals surface area contributed by atoms with Gasteiger partial charge in [0.15, 0.2) is 9.84 Å². The quantitative estimate of drug-likeness (QED) is 0.178.